The van der Waals surface area contributed by atoms with Crippen molar-refractivity contribution in [1.82, 2.24) is 0 Å². The van der Waals surface area contributed by atoms with Crippen LogP contribution in [0.15, 0.2) is 12.2 Å². The molecule has 0 aliphatic heterocycles. The molecule has 5 heteroatoms. The summed E-state index contributed by atoms with van der Waals surface area (Å²) in [5.41, 5.74) is -1.84. The van der Waals surface area contributed by atoms with E-state index in [0.29, 0.717) is 17.8 Å². The highest BCUT2D eigenvalue weighted by molar-refractivity contribution is 5.76. The van der Waals surface area contributed by atoms with Crippen LogP contribution in [0.5, 0.6) is 0 Å². The molecule has 2 spiro atoms. The predicted molar refractivity (Wildman–Crippen MR) is 135 cm³/mol. The van der Waals surface area contributed by atoms with E-state index in [1.165, 1.54) is 12.8 Å². The lowest BCUT2D eigenvalue weighted by Crippen LogP contribution is -2.63. The number of carboxylic acid groups (broad SMARTS) is 1. The molecule has 0 heterocycles. The lowest BCUT2D eigenvalue weighted by atomic mass is 9.41. The lowest BCUT2D eigenvalue weighted by molar-refractivity contribution is -0.210. The molecule has 0 saturated heterocycles. The Bertz CT molecular complexity index is 922. The molecule has 5 aliphatic carbocycles. The van der Waals surface area contributed by atoms with Crippen LogP contribution in [0.1, 0.15) is 99.3 Å². The first-order valence-electron chi connectivity index (χ1n) is 14.1. The van der Waals surface area contributed by atoms with Crippen molar-refractivity contribution in [2.24, 2.45) is 50.7 Å². The standard InChI is InChI=1S/C30H48O5/c1-18(8-7-12-25(2,3)35)19-11-13-27(5)20-9-10-21-28(6,24(33)34)22(31)16-23(32)30(21)17-29(20,30)15-14-26(19,27)4/h7,12,18-23,31-32,35H,8-11,13-17H2,1-6H3,(H,33,34)/t18-,19-,20+,21+,22+,23+,26-,27+,28+,29+,30-/m1/s1. The Morgan fingerprint density at radius 1 is 1.00 bits per heavy atom. The zero-order valence-electron chi connectivity index (χ0n) is 22.7. The third-order valence-electron chi connectivity index (χ3n) is 13.0. The summed E-state index contributed by atoms with van der Waals surface area (Å²) in [7, 11) is 0. The minimum absolute atomic E-state index is 0.0272. The van der Waals surface area contributed by atoms with E-state index in [1.807, 2.05) is 19.9 Å². The number of hydrogen-bond acceptors (Lipinski definition) is 4. The van der Waals surface area contributed by atoms with Gasteiger partial charge >= 0.3 is 5.97 Å². The zero-order chi connectivity index (χ0) is 25.8. The van der Waals surface area contributed by atoms with E-state index in [2.05, 4.69) is 26.8 Å². The van der Waals surface area contributed by atoms with Gasteiger partial charge in [-0.15, -0.1) is 0 Å². The van der Waals surface area contributed by atoms with Gasteiger partial charge in [-0.2, -0.15) is 0 Å². The normalized spacial score (nSPS) is 53.9. The van der Waals surface area contributed by atoms with Crippen LogP contribution in [0.4, 0.5) is 0 Å². The topological polar surface area (TPSA) is 98.0 Å². The molecule has 0 amide bonds. The fourth-order valence-electron chi connectivity index (χ4n) is 11.1. The fraction of sp³-hybridized carbons (Fsp3) is 0.900. The number of aliphatic hydroxyl groups excluding tert-OH is 2. The van der Waals surface area contributed by atoms with Crippen LogP contribution in [0.3, 0.4) is 0 Å². The number of aliphatic carboxylic acids is 1. The van der Waals surface area contributed by atoms with Crippen LogP contribution in [0.25, 0.3) is 0 Å². The number of allylic oxidation sites excluding steroid dienone is 1. The molecule has 5 nitrogen and oxygen atoms in total. The SMILES string of the molecule is C[C@H](CC=CC(C)(C)O)[C@H]1CC[C@@]2(C)[C@@H]3CC[C@H]4[C@](C)(C(=O)O)[C@@H](O)C[C@H](O)[C@@]45C[C@@]35CC[C@]12C. The van der Waals surface area contributed by atoms with Crippen molar-refractivity contribution in [1.29, 1.82) is 0 Å². The summed E-state index contributed by atoms with van der Waals surface area (Å²) in [5.74, 6) is 0.633. The average molecular weight is 489 g/mol. The molecule has 11 atom stereocenters. The highest BCUT2D eigenvalue weighted by Gasteiger charge is 2.85. The van der Waals surface area contributed by atoms with Gasteiger partial charge in [-0.05, 0) is 112 Å². The van der Waals surface area contributed by atoms with E-state index in [9.17, 15) is 25.2 Å². The van der Waals surface area contributed by atoms with E-state index in [4.69, 9.17) is 0 Å². The van der Waals surface area contributed by atoms with Gasteiger partial charge in [0.25, 0.3) is 0 Å². The Kier molecular flexibility index (Phi) is 5.56. The van der Waals surface area contributed by atoms with Gasteiger partial charge in [0.1, 0.15) is 0 Å². The minimum atomic E-state index is -1.17. The second kappa shape index (κ2) is 7.57. The molecule has 0 aromatic heterocycles. The third kappa shape index (κ3) is 3.07. The van der Waals surface area contributed by atoms with Crippen LogP contribution < -0.4 is 0 Å². The second-order valence-electron chi connectivity index (χ2n) is 14.7. The molecule has 198 valence electrons. The van der Waals surface area contributed by atoms with Crippen LogP contribution in [-0.2, 0) is 4.79 Å². The highest BCUT2D eigenvalue weighted by Crippen LogP contribution is 2.89. The summed E-state index contributed by atoms with van der Waals surface area (Å²) >= 11 is 0. The first-order valence-corrected chi connectivity index (χ1v) is 14.1. The fourth-order valence-corrected chi connectivity index (χ4v) is 11.1. The first-order chi connectivity index (χ1) is 16.1. The molecule has 5 rings (SSSR count). The molecule has 0 radical (unpaired) electrons. The van der Waals surface area contributed by atoms with E-state index >= 15 is 0 Å². The number of carbonyl (C=O) groups is 1. The monoisotopic (exact) mass is 488 g/mol. The van der Waals surface area contributed by atoms with Crippen molar-refractivity contribution in [3.8, 4) is 0 Å². The summed E-state index contributed by atoms with van der Waals surface area (Å²) in [6.07, 6.45) is 11.0. The number of carboxylic acids is 1. The number of rotatable bonds is 5. The Morgan fingerprint density at radius 3 is 2.29 bits per heavy atom. The maximum atomic E-state index is 12.5. The van der Waals surface area contributed by atoms with Gasteiger partial charge in [0.05, 0.1) is 23.2 Å². The average Bonchev–Trinajstić information content (AvgIpc) is 3.36. The molecule has 0 unspecified atom stereocenters. The molecule has 0 aromatic rings. The molecule has 5 aliphatic rings. The third-order valence-corrected chi connectivity index (χ3v) is 13.0. The van der Waals surface area contributed by atoms with Crippen molar-refractivity contribution >= 4 is 5.97 Å². The smallest absolute Gasteiger partial charge is 0.312 e. The molecule has 35 heavy (non-hydrogen) atoms. The van der Waals surface area contributed by atoms with Gasteiger partial charge in [-0.25, -0.2) is 0 Å². The van der Waals surface area contributed by atoms with Gasteiger partial charge in [-0.1, -0.05) is 32.9 Å². The second-order valence-corrected chi connectivity index (χ2v) is 14.7. The summed E-state index contributed by atoms with van der Waals surface area (Å²) < 4.78 is 0. The molecule has 0 aromatic carbocycles. The van der Waals surface area contributed by atoms with Gasteiger partial charge in [-0.3, -0.25) is 4.79 Å². The highest BCUT2D eigenvalue weighted by atomic mass is 16.4. The van der Waals surface area contributed by atoms with Crippen molar-refractivity contribution < 1.29 is 25.2 Å². The van der Waals surface area contributed by atoms with E-state index in [0.717, 1.165) is 38.5 Å². The lowest BCUT2D eigenvalue weighted by Gasteiger charge is -2.63. The van der Waals surface area contributed by atoms with Gasteiger partial charge in [0.15, 0.2) is 0 Å². The van der Waals surface area contributed by atoms with E-state index < -0.39 is 29.2 Å². The maximum Gasteiger partial charge on any atom is 0.312 e. The van der Waals surface area contributed by atoms with Crippen molar-refractivity contribution in [2.75, 3.05) is 0 Å². The molecular formula is C30H48O5. The van der Waals surface area contributed by atoms with Crippen molar-refractivity contribution in [3.05, 3.63) is 12.2 Å². The summed E-state index contributed by atoms with van der Waals surface area (Å²) in [6, 6.07) is 0. The number of hydrogen-bond donors (Lipinski definition) is 4. The van der Waals surface area contributed by atoms with Crippen molar-refractivity contribution in [3.63, 3.8) is 0 Å². The van der Waals surface area contributed by atoms with Gasteiger partial charge in [0.2, 0.25) is 0 Å². The Hall–Kier alpha value is -0.910. The number of fused-ring (bicyclic) bond motifs is 2. The Balaban J connectivity index is 1.44. The summed E-state index contributed by atoms with van der Waals surface area (Å²) in [4.78, 5) is 12.5. The predicted octanol–water partition coefficient (Wildman–Crippen LogP) is 5.18. The van der Waals surface area contributed by atoms with Crippen LogP contribution >= 0.6 is 0 Å². The zero-order valence-corrected chi connectivity index (χ0v) is 22.7. The largest absolute Gasteiger partial charge is 0.481 e. The van der Waals surface area contributed by atoms with Crippen LogP contribution in [0.2, 0.25) is 0 Å². The molecule has 5 saturated carbocycles. The maximum absolute atomic E-state index is 12.5. The van der Waals surface area contributed by atoms with Crippen LogP contribution in [-0.4, -0.2) is 44.2 Å². The Morgan fingerprint density at radius 2 is 1.66 bits per heavy atom. The summed E-state index contributed by atoms with van der Waals surface area (Å²) in [5, 5.41) is 42.6. The molecular weight excluding hydrogens is 440 g/mol. The molecule has 4 N–H and O–H groups in total. The number of aliphatic hydroxyl groups is 3. The minimum Gasteiger partial charge on any atom is -0.481 e. The quantitative estimate of drug-likeness (QED) is 0.400. The molecule has 0 bridgehead atoms. The van der Waals surface area contributed by atoms with Crippen LogP contribution in [0, 0.1) is 50.7 Å². The summed E-state index contributed by atoms with van der Waals surface area (Å²) in [6.45, 7) is 12.8. The van der Waals surface area contributed by atoms with Gasteiger partial charge < -0.3 is 20.4 Å². The van der Waals surface area contributed by atoms with Crippen molar-refractivity contribution in [2.45, 2.75) is 117 Å². The molecule has 5 fully saturated rings. The first kappa shape index (κ1) is 25.7. The van der Waals surface area contributed by atoms with Gasteiger partial charge in [0, 0.05) is 11.8 Å². The Labute approximate surface area is 211 Å². The van der Waals surface area contributed by atoms with E-state index in [-0.39, 0.29) is 34.0 Å². The van der Waals surface area contributed by atoms with E-state index in [1.54, 1.807) is 6.92 Å².